The second kappa shape index (κ2) is 17.2. The van der Waals surface area contributed by atoms with Gasteiger partial charge in [-0.2, -0.15) is 0 Å². The third-order valence-corrected chi connectivity index (χ3v) is 5.22. The predicted molar refractivity (Wildman–Crippen MR) is 109 cm³/mol. The van der Waals surface area contributed by atoms with E-state index in [4.69, 9.17) is 0 Å². The van der Waals surface area contributed by atoms with E-state index in [-0.39, 0.29) is 12.8 Å². The maximum atomic E-state index is 12.3. The lowest BCUT2D eigenvalue weighted by atomic mass is 9.89. The summed E-state index contributed by atoms with van der Waals surface area (Å²) in [5, 5.41) is 29.6. The molecule has 5 nitrogen and oxygen atoms in total. The number of carboxylic acid groups (broad SMARTS) is 1. The van der Waals surface area contributed by atoms with Gasteiger partial charge >= 0.3 is 5.97 Å². The third kappa shape index (κ3) is 13.0. The first kappa shape index (κ1) is 26.1. The van der Waals surface area contributed by atoms with Crippen LogP contribution >= 0.6 is 0 Å². The fourth-order valence-corrected chi connectivity index (χ4v) is 3.42. The van der Waals surface area contributed by atoms with Crippen molar-refractivity contribution in [3.8, 4) is 0 Å². The molecule has 0 spiro atoms. The van der Waals surface area contributed by atoms with Crippen molar-refractivity contribution in [3.05, 3.63) is 0 Å². The van der Waals surface area contributed by atoms with Crippen LogP contribution in [-0.4, -0.2) is 39.3 Å². The summed E-state index contributed by atoms with van der Waals surface area (Å²) in [6, 6.07) is 0. The lowest BCUT2D eigenvalue weighted by molar-refractivity contribution is -0.154. The number of rotatable bonds is 19. The van der Waals surface area contributed by atoms with Crippen LogP contribution in [0.3, 0.4) is 0 Å². The van der Waals surface area contributed by atoms with Crippen molar-refractivity contribution in [2.75, 3.05) is 0 Å². The average Bonchev–Trinajstić information content (AvgIpc) is 2.63. The molecule has 160 valence electrons. The Bertz CT molecular complexity index is 383. The van der Waals surface area contributed by atoms with Crippen LogP contribution in [0.2, 0.25) is 0 Å². The molecule has 0 aliphatic carbocycles. The van der Waals surface area contributed by atoms with Crippen LogP contribution in [0.5, 0.6) is 0 Å². The smallest absolute Gasteiger partial charge is 0.316 e. The molecule has 0 saturated heterocycles. The van der Waals surface area contributed by atoms with Crippen molar-refractivity contribution < 1.29 is 24.9 Å². The van der Waals surface area contributed by atoms with Crippen molar-refractivity contribution in [1.29, 1.82) is 0 Å². The molecule has 5 heteroatoms. The molecule has 0 aromatic heterocycles. The molecule has 0 aliphatic heterocycles. The minimum absolute atomic E-state index is 0.279. The van der Waals surface area contributed by atoms with E-state index in [1.807, 2.05) is 0 Å². The summed E-state index contributed by atoms with van der Waals surface area (Å²) in [6.07, 6.45) is 11.8. The summed E-state index contributed by atoms with van der Waals surface area (Å²) >= 11 is 0. The van der Waals surface area contributed by atoms with Gasteiger partial charge in [-0.05, 0) is 12.8 Å². The zero-order valence-electron chi connectivity index (χ0n) is 17.5. The number of hydrogen-bond donors (Lipinski definition) is 3. The highest BCUT2D eigenvalue weighted by Crippen LogP contribution is 2.19. The minimum atomic E-state index is -1.51. The first-order valence-corrected chi connectivity index (χ1v) is 11.1. The molecular formula is C22H42O5. The molecule has 0 saturated carbocycles. The monoisotopic (exact) mass is 386 g/mol. The SMILES string of the molecule is CCCCCCCCCCC(O)C(=O)C(C(=O)O)C(O)CCCCCCC. The number of carbonyl (C=O) groups is 2. The number of aliphatic hydroxyl groups excluding tert-OH is 2. The second-order valence-corrected chi connectivity index (χ2v) is 7.77. The van der Waals surface area contributed by atoms with E-state index in [2.05, 4.69) is 13.8 Å². The number of hydrogen-bond acceptors (Lipinski definition) is 4. The second-order valence-electron chi connectivity index (χ2n) is 7.77. The number of carbonyl (C=O) groups excluding carboxylic acids is 1. The lowest BCUT2D eigenvalue weighted by Gasteiger charge is -2.21. The van der Waals surface area contributed by atoms with Gasteiger partial charge in [-0.3, -0.25) is 9.59 Å². The van der Waals surface area contributed by atoms with E-state index in [0.29, 0.717) is 12.8 Å². The van der Waals surface area contributed by atoms with E-state index in [0.717, 1.165) is 38.5 Å². The molecule has 0 bridgehead atoms. The van der Waals surface area contributed by atoms with Crippen LogP contribution < -0.4 is 0 Å². The van der Waals surface area contributed by atoms with Crippen molar-refractivity contribution in [2.45, 2.75) is 122 Å². The highest BCUT2D eigenvalue weighted by atomic mass is 16.4. The van der Waals surface area contributed by atoms with E-state index in [9.17, 15) is 24.9 Å². The summed E-state index contributed by atoms with van der Waals surface area (Å²) in [7, 11) is 0. The number of unbranched alkanes of at least 4 members (excludes halogenated alkanes) is 11. The Kier molecular flexibility index (Phi) is 16.6. The normalized spacial score (nSPS) is 14.7. The summed E-state index contributed by atoms with van der Waals surface area (Å²) in [6.45, 7) is 4.30. The summed E-state index contributed by atoms with van der Waals surface area (Å²) in [5.41, 5.74) is 0. The van der Waals surface area contributed by atoms with Crippen molar-refractivity contribution in [3.63, 3.8) is 0 Å². The zero-order valence-corrected chi connectivity index (χ0v) is 17.5. The maximum absolute atomic E-state index is 12.3. The topological polar surface area (TPSA) is 94.8 Å². The molecule has 0 aliphatic rings. The number of aliphatic hydroxyl groups is 2. The quantitative estimate of drug-likeness (QED) is 0.217. The molecule has 3 atom stereocenters. The van der Waals surface area contributed by atoms with Gasteiger partial charge in [0.25, 0.3) is 0 Å². The Morgan fingerprint density at radius 2 is 1.07 bits per heavy atom. The van der Waals surface area contributed by atoms with Gasteiger partial charge in [0, 0.05) is 0 Å². The molecule has 0 rings (SSSR count). The standard InChI is InChI=1S/C22H42O5/c1-3-5-7-9-10-11-13-15-17-19(24)21(25)20(22(26)27)18(23)16-14-12-8-6-4-2/h18-20,23-24H,3-17H2,1-2H3,(H,26,27). The van der Waals surface area contributed by atoms with E-state index in [1.165, 1.54) is 32.1 Å². The van der Waals surface area contributed by atoms with Crippen LogP contribution in [-0.2, 0) is 9.59 Å². The fraction of sp³-hybridized carbons (Fsp3) is 0.909. The molecule has 0 aromatic carbocycles. The fourth-order valence-electron chi connectivity index (χ4n) is 3.42. The first-order valence-electron chi connectivity index (χ1n) is 11.1. The largest absolute Gasteiger partial charge is 0.481 e. The molecule has 0 fully saturated rings. The number of Topliss-reactive ketones (excluding diaryl/α,β-unsaturated/α-hetero) is 1. The highest BCUT2D eigenvalue weighted by Gasteiger charge is 2.36. The first-order chi connectivity index (χ1) is 13.0. The summed E-state index contributed by atoms with van der Waals surface area (Å²) in [4.78, 5) is 23.7. The van der Waals surface area contributed by atoms with Crippen LogP contribution in [0.1, 0.15) is 110 Å². The van der Waals surface area contributed by atoms with Crippen LogP contribution in [0, 0.1) is 5.92 Å². The van der Waals surface area contributed by atoms with Gasteiger partial charge in [0.1, 0.15) is 12.0 Å². The molecule has 0 amide bonds. The van der Waals surface area contributed by atoms with Gasteiger partial charge < -0.3 is 15.3 Å². The van der Waals surface area contributed by atoms with Gasteiger partial charge in [-0.25, -0.2) is 0 Å². The Morgan fingerprint density at radius 3 is 1.52 bits per heavy atom. The van der Waals surface area contributed by atoms with Crippen LogP contribution in [0.15, 0.2) is 0 Å². The van der Waals surface area contributed by atoms with Gasteiger partial charge in [0.2, 0.25) is 0 Å². The van der Waals surface area contributed by atoms with E-state index in [1.54, 1.807) is 0 Å². The van der Waals surface area contributed by atoms with Gasteiger partial charge in [0.15, 0.2) is 5.78 Å². The van der Waals surface area contributed by atoms with E-state index >= 15 is 0 Å². The Hall–Kier alpha value is -0.940. The van der Waals surface area contributed by atoms with Crippen molar-refractivity contribution >= 4 is 11.8 Å². The Labute approximate surface area is 165 Å². The lowest BCUT2D eigenvalue weighted by Crippen LogP contribution is -2.41. The Morgan fingerprint density at radius 1 is 0.667 bits per heavy atom. The highest BCUT2D eigenvalue weighted by molar-refractivity contribution is 6.01. The zero-order chi connectivity index (χ0) is 20.5. The number of ketones is 1. The van der Waals surface area contributed by atoms with Crippen molar-refractivity contribution in [2.24, 2.45) is 5.92 Å². The maximum Gasteiger partial charge on any atom is 0.316 e. The van der Waals surface area contributed by atoms with Gasteiger partial charge in [-0.1, -0.05) is 97.3 Å². The number of aliphatic carboxylic acids is 1. The third-order valence-electron chi connectivity index (χ3n) is 5.22. The Balaban J connectivity index is 4.14. The molecule has 27 heavy (non-hydrogen) atoms. The summed E-state index contributed by atoms with van der Waals surface area (Å²) < 4.78 is 0. The molecule has 0 radical (unpaired) electrons. The summed E-state index contributed by atoms with van der Waals surface area (Å²) in [5.74, 6) is -3.59. The molecule has 3 N–H and O–H groups in total. The predicted octanol–water partition coefficient (Wildman–Crippen LogP) is 4.87. The molecule has 0 heterocycles. The minimum Gasteiger partial charge on any atom is -0.481 e. The average molecular weight is 387 g/mol. The van der Waals surface area contributed by atoms with E-state index < -0.39 is 29.9 Å². The molecule has 3 unspecified atom stereocenters. The molecular weight excluding hydrogens is 344 g/mol. The van der Waals surface area contributed by atoms with Crippen molar-refractivity contribution in [1.82, 2.24) is 0 Å². The number of carboxylic acids is 1. The van der Waals surface area contributed by atoms with Crippen LogP contribution in [0.4, 0.5) is 0 Å². The van der Waals surface area contributed by atoms with Crippen LogP contribution in [0.25, 0.3) is 0 Å². The molecule has 0 aromatic rings. The van der Waals surface area contributed by atoms with Gasteiger partial charge in [-0.15, -0.1) is 0 Å². The van der Waals surface area contributed by atoms with Gasteiger partial charge in [0.05, 0.1) is 6.10 Å².